The summed E-state index contributed by atoms with van der Waals surface area (Å²) in [6, 6.07) is 33.9. The van der Waals surface area contributed by atoms with Crippen molar-refractivity contribution in [3.05, 3.63) is 132 Å². The molecule has 3 aromatic carbocycles. The van der Waals surface area contributed by atoms with Gasteiger partial charge in [0.15, 0.2) is 0 Å². The first-order chi connectivity index (χ1) is 20.5. The monoisotopic (exact) mass is 542 g/mol. The number of aromatic nitrogens is 4. The van der Waals surface area contributed by atoms with Gasteiger partial charge >= 0.3 is 0 Å². The molecule has 0 aliphatic rings. The summed E-state index contributed by atoms with van der Waals surface area (Å²) in [6.45, 7) is 8.46. The van der Waals surface area contributed by atoms with Crippen LogP contribution in [0.1, 0.15) is 22.5 Å². The second kappa shape index (κ2) is 10.3. The van der Waals surface area contributed by atoms with Crippen LogP contribution in [0.15, 0.2) is 109 Å². The molecule has 0 fully saturated rings. The molecule has 4 nitrogen and oxygen atoms in total. The van der Waals surface area contributed by atoms with Gasteiger partial charge in [-0.2, -0.15) is 0 Å². The molecule has 0 spiro atoms. The van der Waals surface area contributed by atoms with Crippen molar-refractivity contribution >= 4 is 21.5 Å². The Labute approximate surface area is 245 Å². The smallest absolute Gasteiger partial charge is 0.0918 e. The van der Waals surface area contributed by atoms with Gasteiger partial charge in [-0.1, -0.05) is 60.7 Å². The van der Waals surface area contributed by atoms with Gasteiger partial charge < -0.3 is 0 Å². The van der Waals surface area contributed by atoms with Gasteiger partial charge in [-0.3, -0.25) is 19.9 Å². The molecular formula is C38H30N4. The lowest BCUT2D eigenvalue weighted by atomic mass is 9.84. The van der Waals surface area contributed by atoms with Crippen LogP contribution in [0.3, 0.4) is 0 Å². The average molecular weight is 543 g/mol. The second-order valence-corrected chi connectivity index (χ2v) is 10.8. The lowest BCUT2D eigenvalue weighted by Gasteiger charge is -2.20. The molecule has 7 rings (SSSR count). The summed E-state index contributed by atoms with van der Waals surface area (Å²) in [6.07, 6.45) is 3.64. The number of rotatable bonds is 4. The molecule has 202 valence electrons. The molecule has 42 heavy (non-hydrogen) atoms. The Balaban J connectivity index is 1.51. The molecule has 0 unspecified atom stereocenters. The number of hydrogen-bond donors (Lipinski definition) is 0. The van der Waals surface area contributed by atoms with E-state index in [0.29, 0.717) is 0 Å². The van der Waals surface area contributed by atoms with Crippen molar-refractivity contribution in [3.8, 4) is 45.0 Å². The number of fused-ring (bicyclic) bond motifs is 2. The zero-order valence-corrected chi connectivity index (χ0v) is 24.2. The fourth-order valence-corrected chi connectivity index (χ4v) is 6.15. The second-order valence-electron chi connectivity index (χ2n) is 10.8. The van der Waals surface area contributed by atoms with Gasteiger partial charge in [0.05, 0.1) is 22.8 Å². The van der Waals surface area contributed by atoms with E-state index < -0.39 is 0 Å². The fourth-order valence-electron chi connectivity index (χ4n) is 6.15. The zero-order chi connectivity index (χ0) is 28.8. The third-order valence-electron chi connectivity index (χ3n) is 8.09. The number of hydrogen-bond acceptors (Lipinski definition) is 4. The van der Waals surface area contributed by atoms with Gasteiger partial charge in [0.25, 0.3) is 0 Å². The van der Waals surface area contributed by atoms with E-state index in [9.17, 15) is 0 Å². The summed E-state index contributed by atoms with van der Waals surface area (Å²) in [5.41, 5.74) is 12.5. The third kappa shape index (κ3) is 4.24. The van der Waals surface area contributed by atoms with E-state index >= 15 is 0 Å². The number of benzene rings is 3. The van der Waals surface area contributed by atoms with E-state index in [-0.39, 0.29) is 0 Å². The molecule has 0 saturated heterocycles. The van der Waals surface area contributed by atoms with E-state index in [2.05, 4.69) is 98.3 Å². The molecule has 4 heterocycles. The van der Waals surface area contributed by atoms with Crippen LogP contribution in [0.2, 0.25) is 0 Å². The average Bonchev–Trinajstić information content (AvgIpc) is 3.03. The molecule has 0 saturated carbocycles. The SMILES string of the molecule is Cc1cc(-c2c3ccccc3c(-c3cc(C)c(-c4ccccn4)nc3C)c3ccccc23)c(C)nc1-c1ccccn1. The van der Waals surface area contributed by atoms with Crippen LogP contribution in [0.5, 0.6) is 0 Å². The van der Waals surface area contributed by atoms with Crippen molar-refractivity contribution < 1.29 is 0 Å². The maximum Gasteiger partial charge on any atom is 0.0918 e. The normalized spacial score (nSPS) is 11.3. The van der Waals surface area contributed by atoms with E-state index in [1.54, 1.807) is 0 Å². The maximum atomic E-state index is 5.10. The van der Waals surface area contributed by atoms with Crippen molar-refractivity contribution in [2.45, 2.75) is 27.7 Å². The predicted molar refractivity (Wildman–Crippen MR) is 173 cm³/mol. The number of pyridine rings is 4. The van der Waals surface area contributed by atoms with Crippen LogP contribution in [-0.4, -0.2) is 19.9 Å². The van der Waals surface area contributed by atoms with Crippen LogP contribution in [0.25, 0.3) is 66.6 Å². The first kappa shape index (κ1) is 25.7. The van der Waals surface area contributed by atoms with E-state index in [1.165, 1.54) is 32.7 Å². The van der Waals surface area contributed by atoms with Crippen LogP contribution >= 0.6 is 0 Å². The van der Waals surface area contributed by atoms with E-state index in [1.807, 2.05) is 48.8 Å². The van der Waals surface area contributed by atoms with E-state index in [4.69, 9.17) is 9.97 Å². The lowest BCUT2D eigenvalue weighted by molar-refractivity contribution is 1.15. The third-order valence-corrected chi connectivity index (χ3v) is 8.09. The largest absolute Gasteiger partial charge is 0.255 e. The Morgan fingerprint density at radius 1 is 0.429 bits per heavy atom. The molecule has 0 amide bonds. The van der Waals surface area contributed by atoms with Gasteiger partial charge in [-0.05, 0) is 108 Å². The summed E-state index contributed by atoms with van der Waals surface area (Å²) in [7, 11) is 0. The minimum absolute atomic E-state index is 0.891. The Bertz CT molecular complexity index is 1910. The van der Waals surface area contributed by atoms with Crippen molar-refractivity contribution in [2.24, 2.45) is 0 Å². The standard InChI is InChI=1S/C38H30N4/c1-23-21-31(25(3)41-37(23)33-17-9-11-19-39-33)35-27-13-5-7-15-29(27)36(30-16-8-6-14-28(30)35)32-22-24(2)38(42-26(32)4)34-18-10-12-20-40-34/h5-22H,1-4H3. The van der Waals surface area contributed by atoms with Crippen LogP contribution in [0, 0.1) is 27.7 Å². The summed E-state index contributed by atoms with van der Waals surface area (Å²) in [5, 5.41) is 4.80. The van der Waals surface area contributed by atoms with Crippen molar-refractivity contribution in [1.29, 1.82) is 0 Å². The molecular weight excluding hydrogens is 512 g/mol. The van der Waals surface area contributed by atoms with E-state index in [0.717, 1.165) is 56.4 Å². The fraction of sp³-hybridized carbons (Fsp3) is 0.105. The minimum atomic E-state index is 0.891. The van der Waals surface area contributed by atoms with Gasteiger partial charge in [0.2, 0.25) is 0 Å². The highest BCUT2D eigenvalue weighted by atomic mass is 14.8. The summed E-state index contributed by atoms with van der Waals surface area (Å²) >= 11 is 0. The molecule has 0 aliphatic carbocycles. The van der Waals surface area contributed by atoms with Crippen LogP contribution in [0.4, 0.5) is 0 Å². The first-order valence-electron chi connectivity index (χ1n) is 14.2. The van der Waals surface area contributed by atoms with Gasteiger partial charge in [-0.15, -0.1) is 0 Å². The first-order valence-corrected chi connectivity index (χ1v) is 14.2. The topological polar surface area (TPSA) is 51.6 Å². The van der Waals surface area contributed by atoms with Gasteiger partial charge in [-0.25, -0.2) is 0 Å². The Morgan fingerprint density at radius 3 is 1.12 bits per heavy atom. The Kier molecular flexibility index (Phi) is 6.32. The van der Waals surface area contributed by atoms with Gasteiger partial charge in [0.1, 0.15) is 0 Å². The summed E-state index contributed by atoms with van der Waals surface area (Å²) in [5.74, 6) is 0. The summed E-state index contributed by atoms with van der Waals surface area (Å²) in [4.78, 5) is 19.3. The zero-order valence-electron chi connectivity index (χ0n) is 24.2. The molecule has 4 heteroatoms. The minimum Gasteiger partial charge on any atom is -0.255 e. The van der Waals surface area contributed by atoms with Crippen molar-refractivity contribution in [1.82, 2.24) is 19.9 Å². The predicted octanol–water partition coefficient (Wildman–Crippen LogP) is 9.47. The number of nitrogens with zero attached hydrogens (tertiary/aromatic N) is 4. The molecule has 0 bridgehead atoms. The molecule has 0 radical (unpaired) electrons. The van der Waals surface area contributed by atoms with Gasteiger partial charge in [0, 0.05) is 34.9 Å². The highest BCUT2D eigenvalue weighted by Crippen LogP contribution is 2.45. The number of aryl methyl sites for hydroxylation is 4. The molecule has 0 aliphatic heterocycles. The van der Waals surface area contributed by atoms with Crippen LogP contribution < -0.4 is 0 Å². The van der Waals surface area contributed by atoms with Crippen molar-refractivity contribution in [3.63, 3.8) is 0 Å². The quantitative estimate of drug-likeness (QED) is 0.208. The highest BCUT2D eigenvalue weighted by Gasteiger charge is 2.21. The Morgan fingerprint density at radius 2 is 0.786 bits per heavy atom. The molecule has 4 aromatic heterocycles. The molecule has 0 N–H and O–H groups in total. The lowest BCUT2D eigenvalue weighted by Crippen LogP contribution is -2.00. The summed E-state index contributed by atoms with van der Waals surface area (Å²) < 4.78 is 0. The molecule has 7 aromatic rings. The highest BCUT2D eigenvalue weighted by molar-refractivity contribution is 6.21. The van der Waals surface area contributed by atoms with Crippen LogP contribution in [-0.2, 0) is 0 Å². The maximum absolute atomic E-state index is 5.10. The molecule has 0 atom stereocenters. The Hall–Kier alpha value is -5.22. The van der Waals surface area contributed by atoms with Crippen molar-refractivity contribution in [2.75, 3.05) is 0 Å².